The molecule has 2 nitrogen and oxygen atoms in total. The van der Waals surface area contributed by atoms with Crippen LogP contribution < -0.4 is 5.32 Å². The highest BCUT2D eigenvalue weighted by atomic mass is 79.9. The second kappa shape index (κ2) is 4.88. The lowest BCUT2D eigenvalue weighted by molar-refractivity contribution is 0.684. The number of hydrogen-bond donors (Lipinski definition) is 1. The van der Waals surface area contributed by atoms with Crippen LogP contribution in [0.5, 0.6) is 0 Å². The average Bonchev–Trinajstić information content (AvgIpc) is 3.06. The topological polar surface area (TPSA) is 24.9 Å². The van der Waals surface area contributed by atoms with Gasteiger partial charge < -0.3 is 5.32 Å². The van der Waals surface area contributed by atoms with Crippen molar-refractivity contribution in [1.29, 1.82) is 0 Å². The van der Waals surface area contributed by atoms with Crippen molar-refractivity contribution in [2.24, 2.45) is 0 Å². The molecule has 1 fully saturated rings. The number of halogens is 1. The van der Waals surface area contributed by atoms with Crippen molar-refractivity contribution in [2.45, 2.75) is 25.4 Å². The Kier molecular flexibility index (Phi) is 3.27. The van der Waals surface area contributed by atoms with Crippen LogP contribution in [0.1, 0.15) is 17.8 Å². The van der Waals surface area contributed by atoms with E-state index in [4.69, 9.17) is 0 Å². The molecule has 4 heteroatoms. The van der Waals surface area contributed by atoms with E-state index in [1.165, 1.54) is 28.3 Å². The number of benzene rings is 1. The maximum Gasteiger partial charge on any atom is 0.107 e. The molecular weight excluding hydrogens is 296 g/mol. The Morgan fingerprint density at radius 1 is 1.29 bits per heavy atom. The number of aromatic nitrogens is 1. The summed E-state index contributed by atoms with van der Waals surface area (Å²) in [4.78, 5) is 5.70. The molecule has 3 rings (SSSR count). The fourth-order valence-corrected chi connectivity index (χ4v) is 2.80. The van der Waals surface area contributed by atoms with Crippen molar-refractivity contribution in [1.82, 2.24) is 10.3 Å². The Morgan fingerprint density at radius 3 is 2.76 bits per heavy atom. The van der Waals surface area contributed by atoms with Crippen molar-refractivity contribution in [2.75, 3.05) is 0 Å². The van der Waals surface area contributed by atoms with E-state index >= 15 is 0 Å². The van der Waals surface area contributed by atoms with Crippen molar-refractivity contribution in [3.8, 4) is 10.4 Å². The van der Waals surface area contributed by atoms with Gasteiger partial charge in [-0.15, -0.1) is 11.3 Å². The summed E-state index contributed by atoms with van der Waals surface area (Å²) in [7, 11) is 0. The molecule has 88 valence electrons. The van der Waals surface area contributed by atoms with Crippen LogP contribution >= 0.6 is 27.3 Å². The van der Waals surface area contributed by atoms with Crippen LogP contribution in [0, 0.1) is 0 Å². The van der Waals surface area contributed by atoms with Crippen LogP contribution in [0.3, 0.4) is 0 Å². The van der Waals surface area contributed by atoms with Gasteiger partial charge in [-0.3, -0.25) is 0 Å². The van der Waals surface area contributed by atoms with Gasteiger partial charge >= 0.3 is 0 Å². The van der Waals surface area contributed by atoms with E-state index in [0.717, 1.165) is 17.1 Å². The first kappa shape index (κ1) is 11.4. The molecule has 17 heavy (non-hydrogen) atoms. The van der Waals surface area contributed by atoms with E-state index < -0.39 is 0 Å². The predicted molar refractivity (Wildman–Crippen MR) is 75.1 cm³/mol. The minimum absolute atomic E-state index is 0.745. The zero-order valence-corrected chi connectivity index (χ0v) is 11.7. The first-order chi connectivity index (χ1) is 8.31. The fourth-order valence-electron chi connectivity index (χ4n) is 1.66. The summed E-state index contributed by atoms with van der Waals surface area (Å²) in [5.41, 5.74) is 1.24. The van der Waals surface area contributed by atoms with E-state index in [9.17, 15) is 0 Å². The molecule has 1 aliphatic carbocycles. The maximum absolute atomic E-state index is 4.46. The van der Waals surface area contributed by atoms with Crippen molar-refractivity contribution in [3.63, 3.8) is 0 Å². The average molecular weight is 309 g/mol. The monoisotopic (exact) mass is 308 g/mol. The number of thiazole rings is 1. The van der Waals surface area contributed by atoms with Crippen molar-refractivity contribution in [3.05, 3.63) is 39.9 Å². The summed E-state index contributed by atoms with van der Waals surface area (Å²) in [5.74, 6) is 0. The molecule has 0 saturated heterocycles. The van der Waals surface area contributed by atoms with Gasteiger partial charge in [0.1, 0.15) is 5.01 Å². The highest BCUT2D eigenvalue weighted by molar-refractivity contribution is 9.10. The van der Waals surface area contributed by atoms with E-state index in [1.807, 2.05) is 6.20 Å². The molecular formula is C13H13BrN2S. The quantitative estimate of drug-likeness (QED) is 0.928. The second-order valence-corrected chi connectivity index (χ2v) is 6.31. The number of rotatable bonds is 4. The fraction of sp³-hybridized carbons (Fsp3) is 0.308. The summed E-state index contributed by atoms with van der Waals surface area (Å²) >= 11 is 5.22. The molecule has 1 aromatic carbocycles. The highest BCUT2D eigenvalue weighted by Gasteiger charge is 2.20. The van der Waals surface area contributed by atoms with Gasteiger partial charge in [-0.25, -0.2) is 4.98 Å². The molecule has 1 N–H and O–H groups in total. The lowest BCUT2D eigenvalue weighted by Crippen LogP contribution is -2.14. The second-order valence-electron chi connectivity index (χ2n) is 4.28. The summed E-state index contributed by atoms with van der Waals surface area (Å²) < 4.78 is 1.11. The lowest BCUT2D eigenvalue weighted by atomic mass is 10.2. The molecule has 0 radical (unpaired) electrons. The molecule has 0 spiro atoms. The molecule has 0 unspecified atom stereocenters. The highest BCUT2D eigenvalue weighted by Crippen LogP contribution is 2.28. The minimum Gasteiger partial charge on any atom is -0.308 e. The van der Waals surface area contributed by atoms with E-state index in [1.54, 1.807) is 11.3 Å². The molecule has 0 atom stereocenters. The summed E-state index contributed by atoms with van der Waals surface area (Å²) in [6.07, 6.45) is 4.62. The number of nitrogens with zero attached hydrogens (tertiary/aromatic N) is 1. The smallest absolute Gasteiger partial charge is 0.107 e. The number of nitrogens with one attached hydrogen (secondary N) is 1. The number of hydrogen-bond acceptors (Lipinski definition) is 3. The Bertz CT molecular complexity index is 502. The zero-order valence-electron chi connectivity index (χ0n) is 9.32. The van der Waals surface area contributed by atoms with Gasteiger partial charge in [-0.1, -0.05) is 28.1 Å². The van der Waals surface area contributed by atoms with Gasteiger partial charge in [0.2, 0.25) is 0 Å². The molecule has 2 aromatic rings. The third kappa shape index (κ3) is 2.94. The van der Waals surface area contributed by atoms with Gasteiger partial charge in [0.15, 0.2) is 0 Å². The third-order valence-corrected chi connectivity index (χ3v) is 4.38. The SMILES string of the molecule is Brc1ccc(-c2cnc(CNC3CC3)s2)cc1. The Hall–Kier alpha value is -0.710. The van der Waals surface area contributed by atoms with Crippen LogP contribution in [0.15, 0.2) is 34.9 Å². The summed E-state index contributed by atoms with van der Waals surface area (Å²) in [6, 6.07) is 9.12. The largest absolute Gasteiger partial charge is 0.308 e. The standard InChI is InChI=1S/C13H13BrN2S/c14-10-3-1-9(2-4-10)12-7-16-13(17-12)8-15-11-5-6-11/h1-4,7,11,15H,5-6,8H2. The van der Waals surface area contributed by atoms with Crippen molar-refractivity contribution >= 4 is 27.3 Å². The van der Waals surface area contributed by atoms with Crippen LogP contribution in [0.2, 0.25) is 0 Å². The van der Waals surface area contributed by atoms with Crippen molar-refractivity contribution < 1.29 is 0 Å². The van der Waals surface area contributed by atoms with Crippen LogP contribution in [-0.4, -0.2) is 11.0 Å². The predicted octanol–water partition coefficient (Wildman–Crippen LogP) is 3.82. The van der Waals surface area contributed by atoms with Crippen LogP contribution in [-0.2, 0) is 6.54 Å². The molecule has 0 aliphatic heterocycles. The van der Waals surface area contributed by atoms with Crippen LogP contribution in [0.4, 0.5) is 0 Å². The maximum atomic E-state index is 4.46. The molecule has 1 saturated carbocycles. The van der Waals surface area contributed by atoms with Gasteiger partial charge in [0, 0.05) is 23.3 Å². The Morgan fingerprint density at radius 2 is 2.06 bits per heavy atom. The molecule has 0 amide bonds. The minimum atomic E-state index is 0.745. The Balaban J connectivity index is 1.72. The van der Waals surface area contributed by atoms with Gasteiger partial charge in [-0.05, 0) is 30.5 Å². The zero-order chi connectivity index (χ0) is 11.7. The van der Waals surface area contributed by atoms with E-state index in [-0.39, 0.29) is 0 Å². The molecule has 1 aromatic heterocycles. The molecule has 1 aliphatic rings. The lowest BCUT2D eigenvalue weighted by Gasteiger charge is -1.97. The van der Waals surface area contributed by atoms with Gasteiger partial charge in [-0.2, -0.15) is 0 Å². The van der Waals surface area contributed by atoms with E-state index in [2.05, 4.69) is 50.5 Å². The van der Waals surface area contributed by atoms with Crippen LogP contribution in [0.25, 0.3) is 10.4 Å². The normalized spacial score (nSPS) is 15.1. The van der Waals surface area contributed by atoms with Gasteiger partial charge in [0.25, 0.3) is 0 Å². The van der Waals surface area contributed by atoms with E-state index in [0.29, 0.717) is 0 Å². The first-order valence-corrected chi connectivity index (χ1v) is 7.36. The van der Waals surface area contributed by atoms with Gasteiger partial charge in [0.05, 0.1) is 4.88 Å². The Labute approximate surface area is 113 Å². The first-order valence-electron chi connectivity index (χ1n) is 5.75. The summed E-state index contributed by atoms with van der Waals surface area (Å²) in [6.45, 7) is 0.909. The molecule has 1 heterocycles. The summed E-state index contributed by atoms with van der Waals surface area (Å²) in [5, 5.41) is 4.66. The third-order valence-electron chi connectivity index (χ3n) is 2.80. The molecule has 0 bridgehead atoms.